The summed E-state index contributed by atoms with van der Waals surface area (Å²) < 4.78 is 15.8. The quantitative estimate of drug-likeness (QED) is 0.421. The van der Waals surface area contributed by atoms with Crippen molar-refractivity contribution in [1.29, 1.82) is 0 Å². The molecule has 0 aliphatic rings. The van der Waals surface area contributed by atoms with E-state index in [1.807, 2.05) is 31.2 Å². The first-order valence-electron chi connectivity index (χ1n) is 10.9. The molecular formula is C24H30FN5O2. The number of rotatable bonds is 10. The SMILES string of the molecule is CCCCn1c(=O)c(NCCc2ccc(F)cc2)c(N)n(CCc2ccc(N)cc2)c1=O. The van der Waals surface area contributed by atoms with Crippen molar-refractivity contribution < 1.29 is 4.39 Å². The van der Waals surface area contributed by atoms with Gasteiger partial charge in [0.1, 0.15) is 17.3 Å². The highest BCUT2D eigenvalue weighted by atomic mass is 19.1. The monoisotopic (exact) mass is 439 g/mol. The first-order chi connectivity index (χ1) is 15.4. The number of nitrogens with zero attached hydrogens (tertiary/aromatic N) is 2. The predicted molar refractivity (Wildman–Crippen MR) is 127 cm³/mol. The van der Waals surface area contributed by atoms with Crippen molar-refractivity contribution in [1.82, 2.24) is 9.13 Å². The van der Waals surface area contributed by atoms with Crippen LogP contribution in [0, 0.1) is 5.82 Å². The Balaban J connectivity index is 1.85. The first-order valence-corrected chi connectivity index (χ1v) is 10.9. The molecule has 0 unspecified atom stereocenters. The highest BCUT2D eigenvalue weighted by Crippen LogP contribution is 2.14. The summed E-state index contributed by atoms with van der Waals surface area (Å²) in [4.78, 5) is 26.0. The molecule has 5 N–H and O–H groups in total. The van der Waals surface area contributed by atoms with Crippen molar-refractivity contribution in [2.75, 3.05) is 23.3 Å². The molecule has 0 spiro atoms. The number of aromatic nitrogens is 2. The van der Waals surface area contributed by atoms with E-state index in [-0.39, 0.29) is 17.3 Å². The van der Waals surface area contributed by atoms with Crippen LogP contribution in [0.5, 0.6) is 0 Å². The van der Waals surface area contributed by atoms with Gasteiger partial charge in [0.25, 0.3) is 5.56 Å². The molecule has 1 heterocycles. The van der Waals surface area contributed by atoms with Crippen molar-refractivity contribution >= 4 is 17.2 Å². The Morgan fingerprint density at radius 1 is 0.875 bits per heavy atom. The second-order valence-corrected chi connectivity index (χ2v) is 7.80. The van der Waals surface area contributed by atoms with E-state index in [1.165, 1.54) is 21.3 Å². The molecule has 0 atom stereocenters. The zero-order valence-corrected chi connectivity index (χ0v) is 18.3. The fourth-order valence-corrected chi connectivity index (χ4v) is 3.52. The fourth-order valence-electron chi connectivity index (χ4n) is 3.52. The topological polar surface area (TPSA) is 108 Å². The van der Waals surface area contributed by atoms with Crippen molar-refractivity contribution in [3.8, 4) is 0 Å². The van der Waals surface area contributed by atoms with Crippen LogP contribution in [0.3, 0.4) is 0 Å². The maximum absolute atomic E-state index is 13.1. The van der Waals surface area contributed by atoms with Gasteiger partial charge in [-0.2, -0.15) is 0 Å². The van der Waals surface area contributed by atoms with E-state index in [2.05, 4.69) is 5.32 Å². The summed E-state index contributed by atoms with van der Waals surface area (Å²) in [5, 5.41) is 3.11. The second-order valence-electron chi connectivity index (χ2n) is 7.80. The van der Waals surface area contributed by atoms with Crippen molar-refractivity contribution in [2.24, 2.45) is 0 Å². The standard InChI is InChI=1S/C24H30FN5O2/c1-2-3-15-30-23(31)21(28-14-12-17-4-8-19(25)9-5-17)22(27)29(24(30)32)16-13-18-6-10-20(26)11-7-18/h4-11,28H,2-3,12-16,26-27H2,1H3. The maximum Gasteiger partial charge on any atom is 0.332 e. The number of unbranched alkanes of at least 4 members (excludes halogenated alkanes) is 1. The van der Waals surface area contributed by atoms with Crippen LogP contribution in [-0.2, 0) is 25.9 Å². The average Bonchev–Trinajstić information content (AvgIpc) is 2.78. The van der Waals surface area contributed by atoms with E-state index < -0.39 is 11.2 Å². The molecule has 1 aromatic heterocycles. The summed E-state index contributed by atoms with van der Waals surface area (Å²) in [6.45, 7) is 3.11. The molecular weight excluding hydrogens is 409 g/mol. The Morgan fingerprint density at radius 2 is 1.50 bits per heavy atom. The van der Waals surface area contributed by atoms with Crippen molar-refractivity contribution in [3.05, 3.63) is 86.3 Å². The third-order valence-electron chi connectivity index (χ3n) is 5.44. The fraction of sp³-hybridized carbons (Fsp3) is 0.333. The Labute approximate surface area is 186 Å². The molecule has 0 aliphatic heterocycles. The van der Waals surface area contributed by atoms with Gasteiger partial charge in [-0.1, -0.05) is 37.6 Å². The molecule has 7 nitrogen and oxygen atoms in total. The summed E-state index contributed by atoms with van der Waals surface area (Å²) in [5.41, 5.74) is 14.1. The van der Waals surface area contributed by atoms with E-state index in [1.54, 1.807) is 12.1 Å². The highest BCUT2D eigenvalue weighted by Gasteiger charge is 2.17. The van der Waals surface area contributed by atoms with Crippen molar-refractivity contribution in [3.63, 3.8) is 0 Å². The largest absolute Gasteiger partial charge is 0.399 e. The number of nitrogens with one attached hydrogen (secondary N) is 1. The molecule has 3 aromatic rings. The van der Waals surface area contributed by atoms with Gasteiger partial charge in [-0.15, -0.1) is 0 Å². The summed E-state index contributed by atoms with van der Waals surface area (Å²) in [6, 6.07) is 13.6. The number of halogens is 1. The van der Waals surface area contributed by atoms with E-state index in [0.717, 1.165) is 17.5 Å². The third-order valence-corrected chi connectivity index (χ3v) is 5.44. The number of hydrogen-bond donors (Lipinski definition) is 3. The Bertz CT molecular complexity index is 1150. The zero-order valence-electron chi connectivity index (χ0n) is 18.3. The van der Waals surface area contributed by atoms with Crippen LogP contribution in [0.2, 0.25) is 0 Å². The summed E-state index contributed by atoms with van der Waals surface area (Å²) in [6.07, 6.45) is 2.73. The second kappa shape index (κ2) is 10.7. The lowest BCUT2D eigenvalue weighted by Crippen LogP contribution is -2.42. The van der Waals surface area contributed by atoms with Crippen molar-refractivity contribution in [2.45, 2.75) is 45.7 Å². The lowest BCUT2D eigenvalue weighted by Gasteiger charge is -2.18. The van der Waals surface area contributed by atoms with Crippen LogP contribution in [0.25, 0.3) is 0 Å². The molecule has 0 radical (unpaired) electrons. The molecule has 170 valence electrons. The van der Waals surface area contributed by atoms with E-state index in [9.17, 15) is 14.0 Å². The van der Waals surface area contributed by atoms with Crippen LogP contribution < -0.4 is 28.0 Å². The van der Waals surface area contributed by atoms with Gasteiger partial charge in [0, 0.05) is 25.3 Å². The lowest BCUT2D eigenvalue weighted by atomic mass is 10.1. The van der Waals surface area contributed by atoms with Gasteiger partial charge in [-0.3, -0.25) is 13.9 Å². The molecule has 0 saturated carbocycles. The smallest absolute Gasteiger partial charge is 0.332 e. The number of nitrogens with two attached hydrogens (primary N) is 2. The Hall–Kier alpha value is -3.55. The maximum atomic E-state index is 13.1. The van der Waals surface area contributed by atoms with E-state index in [0.29, 0.717) is 44.6 Å². The number of aryl methyl sites for hydroxylation is 1. The molecule has 8 heteroatoms. The van der Waals surface area contributed by atoms with Crippen LogP contribution in [0.15, 0.2) is 58.1 Å². The molecule has 0 fully saturated rings. The van der Waals surface area contributed by atoms with E-state index >= 15 is 0 Å². The zero-order chi connectivity index (χ0) is 23.1. The van der Waals surface area contributed by atoms with Gasteiger partial charge in [0.05, 0.1) is 0 Å². The van der Waals surface area contributed by atoms with Crippen LogP contribution in [0.4, 0.5) is 21.6 Å². The van der Waals surface area contributed by atoms with Crippen LogP contribution >= 0.6 is 0 Å². The molecule has 2 aromatic carbocycles. The normalized spacial score (nSPS) is 10.9. The van der Waals surface area contributed by atoms with Gasteiger partial charge >= 0.3 is 5.69 Å². The average molecular weight is 440 g/mol. The van der Waals surface area contributed by atoms with Gasteiger partial charge < -0.3 is 16.8 Å². The lowest BCUT2D eigenvalue weighted by molar-refractivity contribution is 0.536. The third kappa shape index (κ3) is 5.57. The summed E-state index contributed by atoms with van der Waals surface area (Å²) in [5.74, 6) is -0.166. The first kappa shape index (κ1) is 23.1. The van der Waals surface area contributed by atoms with Gasteiger partial charge in [-0.05, 0) is 54.7 Å². The van der Waals surface area contributed by atoms with E-state index in [4.69, 9.17) is 11.5 Å². The molecule has 3 rings (SSSR count). The number of anilines is 3. The van der Waals surface area contributed by atoms with Crippen LogP contribution in [-0.4, -0.2) is 15.7 Å². The minimum atomic E-state index is -0.413. The van der Waals surface area contributed by atoms with Gasteiger partial charge in [-0.25, -0.2) is 9.18 Å². The summed E-state index contributed by atoms with van der Waals surface area (Å²) >= 11 is 0. The van der Waals surface area contributed by atoms with Gasteiger partial charge in [0.2, 0.25) is 0 Å². The van der Waals surface area contributed by atoms with Gasteiger partial charge in [0.15, 0.2) is 0 Å². The predicted octanol–water partition coefficient (Wildman–Crippen LogP) is 3.01. The minimum Gasteiger partial charge on any atom is -0.399 e. The van der Waals surface area contributed by atoms with Crippen LogP contribution in [0.1, 0.15) is 30.9 Å². The Morgan fingerprint density at radius 3 is 2.16 bits per heavy atom. The summed E-state index contributed by atoms with van der Waals surface area (Å²) in [7, 11) is 0. The Kier molecular flexibility index (Phi) is 7.70. The molecule has 0 bridgehead atoms. The highest BCUT2D eigenvalue weighted by molar-refractivity contribution is 5.60. The molecule has 32 heavy (non-hydrogen) atoms. The number of hydrogen-bond acceptors (Lipinski definition) is 5. The molecule has 0 saturated heterocycles. The minimum absolute atomic E-state index is 0.127. The number of nitrogen functional groups attached to an aromatic ring is 2. The molecule has 0 aliphatic carbocycles. The number of benzene rings is 2. The molecule has 0 amide bonds.